The number of aryl methyl sites for hydroxylation is 1. The molecule has 23 heavy (non-hydrogen) atoms. The van der Waals surface area contributed by atoms with E-state index in [4.69, 9.17) is 0 Å². The van der Waals surface area contributed by atoms with E-state index in [0.717, 1.165) is 23.0 Å². The first-order valence-electron chi connectivity index (χ1n) is 7.67. The molecule has 0 bridgehead atoms. The van der Waals surface area contributed by atoms with Crippen LogP contribution in [0.2, 0.25) is 0 Å². The summed E-state index contributed by atoms with van der Waals surface area (Å²) >= 11 is 1.69. The molecule has 5 heteroatoms. The van der Waals surface area contributed by atoms with Gasteiger partial charge in [-0.25, -0.2) is 0 Å². The largest absolute Gasteiger partial charge is 0.339 e. The van der Waals surface area contributed by atoms with Crippen LogP contribution in [0.25, 0.3) is 10.9 Å². The van der Waals surface area contributed by atoms with Crippen molar-refractivity contribution >= 4 is 22.7 Å². The van der Waals surface area contributed by atoms with Crippen LogP contribution in [0, 0.1) is 13.8 Å². The van der Waals surface area contributed by atoms with Gasteiger partial charge in [-0.3, -0.25) is 4.98 Å². The lowest BCUT2D eigenvalue weighted by Gasteiger charge is -2.08. The molecule has 0 N–H and O–H groups in total. The van der Waals surface area contributed by atoms with Crippen LogP contribution in [-0.4, -0.2) is 19.7 Å². The quantitative estimate of drug-likeness (QED) is 0.518. The van der Waals surface area contributed by atoms with Crippen LogP contribution in [0.1, 0.15) is 23.9 Å². The van der Waals surface area contributed by atoms with Crippen LogP contribution in [-0.2, 0) is 12.3 Å². The number of rotatable bonds is 5. The minimum atomic E-state index is 0.793. The second-order valence-electron chi connectivity index (χ2n) is 5.41. The van der Waals surface area contributed by atoms with Gasteiger partial charge in [0.1, 0.15) is 5.03 Å². The van der Waals surface area contributed by atoms with Crippen molar-refractivity contribution in [1.82, 2.24) is 19.7 Å². The lowest BCUT2D eigenvalue weighted by Crippen LogP contribution is -2.00. The van der Waals surface area contributed by atoms with Crippen LogP contribution in [0.5, 0.6) is 0 Å². The number of fused-ring (bicyclic) bond motifs is 1. The lowest BCUT2D eigenvalue weighted by atomic mass is 10.2. The fraction of sp³-hybridized carbons (Fsp3) is 0.278. The van der Waals surface area contributed by atoms with E-state index in [1.165, 1.54) is 22.2 Å². The molecule has 3 heterocycles. The normalized spacial score (nSPS) is 11.6. The number of pyridine rings is 1. The molecule has 118 valence electrons. The van der Waals surface area contributed by atoms with Crippen molar-refractivity contribution in [3.8, 4) is 0 Å². The second-order valence-corrected chi connectivity index (χ2v) is 6.38. The Morgan fingerprint density at radius 2 is 2.13 bits per heavy atom. The summed E-state index contributed by atoms with van der Waals surface area (Å²) in [6.45, 7) is 7.21. The van der Waals surface area contributed by atoms with E-state index in [0.29, 0.717) is 0 Å². The molecule has 0 spiro atoms. The molecule has 0 saturated carbocycles. The van der Waals surface area contributed by atoms with E-state index < -0.39 is 0 Å². The first-order valence-corrected chi connectivity index (χ1v) is 8.66. The van der Waals surface area contributed by atoms with E-state index in [1.54, 1.807) is 11.8 Å². The number of nitrogens with zero attached hydrogens (tertiary/aromatic N) is 4. The standard InChI is InChI=1S/C18H20N4S/c1-4-5-10-22-14(3)13(2)16-11-20-21-18(17(16)22)23-12-15-8-6-7-9-19-15/h4-9,11H,10,12H2,1-3H3/b5-4+. The number of thioether (sulfide) groups is 1. The van der Waals surface area contributed by atoms with Crippen molar-refractivity contribution in [2.45, 2.75) is 38.1 Å². The van der Waals surface area contributed by atoms with Crippen molar-refractivity contribution in [2.24, 2.45) is 0 Å². The van der Waals surface area contributed by atoms with E-state index in [-0.39, 0.29) is 0 Å². The molecule has 3 aromatic heterocycles. The first kappa shape index (κ1) is 15.7. The van der Waals surface area contributed by atoms with Gasteiger partial charge in [0.05, 0.1) is 17.4 Å². The minimum absolute atomic E-state index is 0.793. The highest BCUT2D eigenvalue weighted by atomic mass is 32.2. The molecule has 0 aliphatic heterocycles. The second kappa shape index (κ2) is 6.96. The Labute approximate surface area is 140 Å². The molecule has 0 unspecified atom stereocenters. The molecular weight excluding hydrogens is 304 g/mol. The van der Waals surface area contributed by atoms with Crippen molar-refractivity contribution in [3.05, 3.63) is 59.7 Å². The number of aromatic nitrogens is 4. The van der Waals surface area contributed by atoms with Gasteiger partial charge in [-0.05, 0) is 38.5 Å². The molecule has 0 atom stereocenters. The molecule has 0 aliphatic carbocycles. The maximum Gasteiger partial charge on any atom is 0.143 e. The zero-order valence-corrected chi connectivity index (χ0v) is 14.5. The van der Waals surface area contributed by atoms with Gasteiger partial charge in [-0.15, -0.1) is 5.10 Å². The molecule has 3 rings (SSSR count). The topological polar surface area (TPSA) is 43.6 Å². The summed E-state index contributed by atoms with van der Waals surface area (Å²) in [6.07, 6.45) is 7.94. The number of hydrogen-bond donors (Lipinski definition) is 0. The smallest absolute Gasteiger partial charge is 0.143 e. The third-order valence-corrected chi connectivity index (χ3v) is 5.01. The van der Waals surface area contributed by atoms with Crippen LogP contribution < -0.4 is 0 Å². The average molecular weight is 324 g/mol. The Morgan fingerprint density at radius 3 is 2.87 bits per heavy atom. The van der Waals surface area contributed by atoms with E-state index >= 15 is 0 Å². The van der Waals surface area contributed by atoms with Gasteiger partial charge in [0, 0.05) is 29.6 Å². The van der Waals surface area contributed by atoms with Crippen LogP contribution in [0.15, 0.2) is 47.8 Å². The molecular formula is C18H20N4S. The SMILES string of the molecule is C/C=C/Cn1c(C)c(C)c2cnnc(SCc3ccccn3)c21. The van der Waals surface area contributed by atoms with Gasteiger partial charge in [-0.2, -0.15) is 5.10 Å². The highest BCUT2D eigenvalue weighted by molar-refractivity contribution is 7.98. The van der Waals surface area contributed by atoms with Crippen molar-refractivity contribution in [1.29, 1.82) is 0 Å². The summed E-state index contributed by atoms with van der Waals surface area (Å²) < 4.78 is 2.32. The van der Waals surface area contributed by atoms with Crippen LogP contribution >= 0.6 is 11.8 Å². The Morgan fingerprint density at radius 1 is 1.26 bits per heavy atom. The fourth-order valence-corrected chi connectivity index (χ4v) is 3.54. The molecule has 0 aromatic carbocycles. The Hall–Kier alpha value is -2.14. The molecule has 0 amide bonds. The van der Waals surface area contributed by atoms with E-state index in [9.17, 15) is 0 Å². The molecule has 4 nitrogen and oxygen atoms in total. The molecule has 0 aliphatic rings. The van der Waals surface area contributed by atoms with Crippen molar-refractivity contribution in [2.75, 3.05) is 0 Å². The van der Waals surface area contributed by atoms with Gasteiger partial charge in [0.25, 0.3) is 0 Å². The molecule has 0 radical (unpaired) electrons. The number of allylic oxidation sites excluding steroid dienone is 2. The Balaban J connectivity index is 2.01. The van der Waals surface area contributed by atoms with Crippen molar-refractivity contribution in [3.63, 3.8) is 0 Å². The van der Waals surface area contributed by atoms with E-state index in [2.05, 4.69) is 45.7 Å². The summed E-state index contributed by atoms with van der Waals surface area (Å²) in [6, 6.07) is 5.98. The van der Waals surface area contributed by atoms with Crippen LogP contribution in [0.4, 0.5) is 0 Å². The van der Waals surface area contributed by atoms with Crippen molar-refractivity contribution < 1.29 is 0 Å². The highest BCUT2D eigenvalue weighted by Crippen LogP contribution is 2.32. The average Bonchev–Trinajstić information content (AvgIpc) is 2.84. The Kier molecular flexibility index (Phi) is 4.76. The lowest BCUT2D eigenvalue weighted by molar-refractivity contribution is 0.803. The summed E-state index contributed by atoms with van der Waals surface area (Å²) in [5, 5.41) is 10.7. The van der Waals surface area contributed by atoms with Crippen LogP contribution in [0.3, 0.4) is 0 Å². The van der Waals surface area contributed by atoms with Gasteiger partial charge >= 0.3 is 0 Å². The molecule has 0 fully saturated rings. The third kappa shape index (κ3) is 3.15. The summed E-state index contributed by atoms with van der Waals surface area (Å²) in [7, 11) is 0. The predicted molar refractivity (Wildman–Crippen MR) is 95.6 cm³/mol. The highest BCUT2D eigenvalue weighted by Gasteiger charge is 2.15. The Bertz CT molecular complexity index is 837. The van der Waals surface area contributed by atoms with Gasteiger partial charge in [0.15, 0.2) is 0 Å². The summed E-state index contributed by atoms with van der Waals surface area (Å²) in [5.74, 6) is 0.793. The zero-order valence-electron chi connectivity index (χ0n) is 13.7. The first-order chi connectivity index (χ1) is 11.2. The maximum absolute atomic E-state index is 4.39. The summed E-state index contributed by atoms with van der Waals surface area (Å²) in [4.78, 5) is 4.38. The zero-order chi connectivity index (χ0) is 16.2. The fourth-order valence-electron chi connectivity index (χ4n) is 2.63. The summed E-state index contributed by atoms with van der Waals surface area (Å²) in [5.41, 5.74) is 4.78. The maximum atomic E-state index is 4.39. The number of hydrogen-bond acceptors (Lipinski definition) is 4. The molecule has 0 saturated heterocycles. The van der Waals surface area contributed by atoms with Gasteiger partial charge in [-0.1, -0.05) is 30.0 Å². The molecule has 3 aromatic rings. The minimum Gasteiger partial charge on any atom is -0.339 e. The van der Waals surface area contributed by atoms with E-state index in [1.807, 2.05) is 37.5 Å². The van der Waals surface area contributed by atoms with Gasteiger partial charge in [0.2, 0.25) is 0 Å². The monoisotopic (exact) mass is 324 g/mol. The predicted octanol–water partition coefficient (Wildman–Crippen LogP) is 4.31. The third-order valence-electron chi connectivity index (χ3n) is 4.02. The van der Waals surface area contributed by atoms with Gasteiger partial charge < -0.3 is 4.57 Å².